The molecule has 0 radical (unpaired) electrons. The summed E-state index contributed by atoms with van der Waals surface area (Å²) < 4.78 is 7.15. The fraction of sp³-hybridized carbons (Fsp3) is 0.235. The SMILES string of the molecule is Cn1cc(C(=O)N2CC(Oc3nccs3)C2)c(-c2cccs2)cc1=O. The van der Waals surface area contributed by atoms with Crippen molar-refractivity contribution in [3.8, 4) is 15.6 Å². The van der Waals surface area contributed by atoms with Gasteiger partial charge in [-0.3, -0.25) is 9.59 Å². The third kappa shape index (κ3) is 3.10. The first-order valence-corrected chi connectivity index (χ1v) is 9.48. The summed E-state index contributed by atoms with van der Waals surface area (Å²) in [5.41, 5.74) is 1.10. The van der Waals surface area contributed by atoms with Crippen molar-refractivity contribution in [1.29, 1.82) is 0 Å². The van der Waals surface area contributed by atoms with E-state index < -0.39 is 0 Å². The van der Waals surface area contributed by atoms with Gasteiger partial charge in [-0.1, -0.05) is 17.4 Å². The molecule has 0 unspecified atom stereocenters. The molecular weight excluding hydrogens is 358 g/mol. The number of ether oxygens (including phenoxy) is 1. The van der Waals surface area contributed by atoms with Gasteiger partial charge in [0, 0.05) is 41.3 Å². The normalized spacial score (nSPS) is 14.4. The highest BCUT2D eigenvalue weighted by Gasteiger charge is 2.34. The molecule has 0 N–H and O–H groups in total. The van der Waals surface area contributed by atoms with Crippen molar-refractivity contribution >= 4 is 28.6 Å². The molecule has 1 saturated heterocycles. The van der Waals surface area contributed by atoms with E-state index >= 15 is 0 Å². The molecule has 25 heavy (non-hydrogen) atoms. The second kappa shape index (κ2) is 6.45. The van der Waals surface area contributed by atoms with Crippen LogP contribution in [0.2, 0.25) is 0 Å². The molecule has 4 rings (SSSR count). The summed E-state index contributed by atoms with van der Waals surface area (Å²) in [6, 6.07) is 5.36. The van der Waals surface area contributed by atoms with Crippen LogP contribution in [0.15, 0.2) is 46.1 Å². The summed E-state index contributed by atoms with van der Waals surface area (Å²) >= 11 is 2.95. The van der Waals surface area contributed by atoms with Gasteiger partial charge in [0.25, 0.3) is 16.7 Å². The summed E-state index contributed by atoms with van der Waals surface area (Å²) in [4.78, 5) is 31.6. The van der Waals surface area contributed by atoms with Crippen LogP contribution in [0, 0.1) is 0 Å². The van der Waals surface area contributed by atoms with Crippen LogP contribution in [0.1, 0.15) is 10.4 Å². The minimum absolute atomic E-state index is 0.0344. The fourth-order valence-electron chi connectivity index (χ4n) is 2.70. The van der Waals surface area contributed by atoms with Gasteiger partial charge in [0.2, 0.25) is 0 Å². The van der Waals surface area contributed by atoms with Gasteiger partial charge in [-0.25, -0.2) is 4.98 Å². The summed E-state index contributed by atoms with van der Waals surface area (Å²) in [5.74, 6) is -0.0852. The Kier molecular flexibility index (Phi) is 4.14. The fourth-order valence-corrected chi connectivity index (χ4v) is 4.00. The summed E-state index contributed by atoms with van der Waals surface area (Å²) in [6.07, 6.45) is 3.28. The first-order chi connectivity index (χ1) is 12.1. The molecule has 128 valence electrons. The van der Waals surface area contributed by atoms with Gasteiger partial charge in [0.1, 0.15) is 6.10 Å². The van der Waals surface area contributed by atoms with E-state index in [0.29, 0.717) is 29.4 Å². The van der Waals surface area contributed by atoms with Crippen LogP contribution in [0.4, 0.5) is 0 Å². The zero-order chi connectivity index (χ0) is 17.4. The lowest BCUT2D eigenvalue weighted by Crippen LogP contribution is -2.56. The molecule has 0 aliphatic carbocycles. The number of hydrogen-bond donors (Lipinski definition) is 0. The van der Waals surface area contributed by atoms with Crippen LogP contribution in [-0.2, 0) is 7.05 Å². The van der Waals surface area contributed by atoms with Crippen LogP contribution in [0.25, 0.3) is 10.4 Å². The average molecular weight is 373 g/mol. The van der Waals surface area contributed by atoms with Crippen LogP contribution in [0.3, 0.4) is 0 Å². The molecule has 0 saturated carbocycles. The van der Waals surface area contributed by atoms with Gasteiger partial charge >= 0.3 is 0 Å². The summed E-state index contributed by atoms with van der Waals surface area (Å²) in [5, 5.41) is 4.41. The van der Waals surface area contributed by atoms with E-state index in [0.717, 1.165) is 4.88 Å². The predicted octanol–water partition coefficient (Wildman–Crippen LogP) is 2.47. The second-order valence-corrected chi connectivity index (χ2v) is 7.58. The molecule has 4 heterocycles. The smallest absolute Gasteiger partial charge is 0.273 e. The highest BCUT2D eigenvalue weighted by Crippen LogP contribution is 2.29. The Morgan fingerprint density at radius 1 is 1.32 bits per heavy atom. The Labute approximate surface area is 151 Å². The number of aryl methyl sites for hydroxylation is 1. The van der Waals surface area contributed by atoms with Gasteiger partial charge in [-0.2, -0.15) is 0 Å². The van der Waals surface area contributed by atoms with Crippen molar-refractivity contribution in [3.63, 3.8) is 0 Å². The van der Waals surface area contributed by atoms with E-state index in [-0.39, 0.29) is 17.6 Å². The van der Waals surface area contributed by atoms with Gasteiger partial charge < -0.3 is 14.2 Å². The van der Waals surface area contributed by atoms with Crippen molar-refractivity contribution in [2.75, 3.05) is 13.1 Å². The average Bonchev–Trinajstić information content (AvgIpc) is 3.25. The van der Waals surface area contributed by atoms with E-state index in [1.807, 2.05) is 22.9 Å². The molecule has 6 nitrogen and oxygen atoms in total. The van der Waals surface area contributed by atoms with E-state index in [1.165, 1.54) is 33.3 Å². The number of pyridine rings is 1. The van der Waals surface area contributed by atoms with Crippen molar-refractivity contribution < 1.29 is 9.53 Å². The maximum atomic E-state index is 12.9. The Hall–Kier alpha value is -2.45. The monoisotopic (exact) mass is 373 g/mol. The number of hydrogen-bond acceptors (Lipinski definition) is 6. The molecule has 0 atom stereocenters. The maximum Gasteiger partial charge on any atom is 0.273 e. The Bertz CT molecular complexity index is 942. The molecule has 1 amide bonds. The van der Waals surface area contributed by atoms with Crippen molar-refractivity contribution in [1.82, 2.24) is 14.5 Å². The van der Waals surface area contributed by atoms with Gasteiger partial charge in [0.15, 0.2) is 0 Å². The zero-order valence-electron chi connectivity index (χ0n) is 13.4. The minimum atomic E-state index is -0.131. The van der Waals surface area contributed by atoms with E-state index in [1.54, 1.807) is 24.3 Å². The van der Waals surface area contributed by atoms with Gasteiger partial charge in [0.05, 0.1) is 18.7 Å². The van der Waals surface area contributed by atoms with E-state index in [2.05, 4.69) is 4.98 Å². The van der Waals surface area contributed by atoms with Crippen LogP contribution in [0.5, 0.6) is 5.19 Å². The lowest BCUT2D eigenvalue weighted by atomic mass is 10.0. The van der Waals surface area contributed by atoms with E-state index in [9.17, 15) is 9.59 Å². The first-order valence-electron chi connectivity index (χ1n) is 7.72. The highest BCUT2D eigenvalue weighted by molar-refractivity contribution is 7.13. The Morgan fingerprint density at radius 2 is 2.16 bits per heavy atom. The maximum absolute atomic E-state index is 12.9. The van der Waals surface area contributed by atoms with Gasteiger partial charge in [-0.15, -0.1) is 11.3 Å². The molecule has 3 aromatic rings. The van der Waals surface area contributed by atoms with E-state index in [4.69, 9.17) is 4.74 Å². The molecule has 1 aliphatic heterocycles. The topological polar surface area (TPSA) is 64.4 Å². The number of nitrogens with zero attached hydrogens (tertiary/aromatic N) is 3. The van der Waals surface area contributed by atoms with Crippen molar-refractivity contribution in [3.05, 3.63) is 57.3 Å². The third-order valence-electron chi connectivity index (χ3n) is 4.06. The third-order valence-corrected chi connectivity index (χ3v) is 5.62. The molecule has 3 aromatic heterocycles. The molecule has 0 aromatic carbocycles. The van der Waals surface area contributed by atoms with Crippen molar-refractivity contribution in [2.24, 2.45) is 7.05 Å². The lowest BCUT2D eigenvalue weighted by molar-refractivity contribution is 0.0177. The largest absolute Gasteiger partial charge is 0.463 e. The zero-order valence-corrected chi connectivity index (χ0v) is 15.0. The first kappa shape index (κ1) is 16.0. The number of amides is 1. The quantitative estimate of drug-likeness (QED) is 0.705. The highest BCUT2D eigenvalue weighted by atomic mass is 32.1. The number of rotatable bonds is 4. The number of likely N-dealkylation sites (tertiary alicyclic amines) is 1. The molecule has 0 spiro atoms. The Morgan fingerprint density at radius 3 is 2.84 bits per heavy atom. The predicted molar refractivity (Wildman–Crippen MR) is 97.4 cm³/mol. The van der Waals surface area contributed by atoms with Crippen molar-refractivity contribution in [2.45, 2.75) is 6.10 Å². The molecule has 0 bridgehead atoms. The molecule has 1 aliphatic rings. The number of carbonyl (C=O) groups is 1. The summed E-state index contributed by atoms with van der Waals surface area (Å²) in [7, 11) is 1.65. The Balaban J connectivity index is 1.55. The number of thiazole rings is 1. The minimum Gasteiger partial charge on any atom is -0.463 e. The van der Waals surface area contributed by atoms with Crippen LogP contribution < -0.4 is 10.3 Å². The van der Waals surface area contributed by atoms with Crippen LogP contribution in [-0.4, -0.2) is 39.6 Å². The standard InChI is InChI=1S/C17H15N3O3S2/c1-19-10-13(12(7-15(19)21)14-3-2-5-24-14)16(22)20-8-11(9-20)23-17-18-4-6-25-17/h2-7,10-11H,8-9H2,1H3. The molecule has 8 heteroatoms. The summed E-state index contributed by atoms with van der Waals surface area (Å²) in [6.45, 7) is 1.04. The van der Waals surface area contributed by atoms with Gasteiger partial charge in [-0.05, 0) is 11.4 Å². The molecular formula is C17H15N3O3S2. The number of aromatic nitrogens is 2. The second-order valence-electron chi connectivity index (χ2n) is 5.78. The molecule has 1 fully saturated rings. The number of carbonyl (C=O) groups excluding carboxylic acids is 1. The van der Waals surface area contributed by atoms with Crippen LogP contribution >= 0.6 is 22.7 Å². The lowest BCUT2D eigenvalue weighted by Gasteiger charge is -2.38. The number of thiophene rings is 1.